The number of aryl methyl sites for hydroxylation is 2. The highest BCUT2D eigenvalue weighted by atomic mass is 16.3. The molecular weight excluding hydrogens is 262 g/mol. The van der Waals surface area contributed by atoms with Gasteiger partial charge in [0.25, 0.3) is 0 Å². The lowest BCUT2D eigenvalue weighted by atomic mass is 10.2. The minimum atomic E-state index is 0.651. The van der Waals surface area contributed by atoms with Gasteiger partial charge in [0.05, 0.1) is 18.8 Å². The van der Waals surface area contributed by atoms with E-state index in [0.29, 0.717) is 5.92 Å². The van der Waals surface area contributed by atoms with Gasteiger partial charge in [0.2, 0.25) is 0 Å². The third kappa shape index (κ3) is 3.76. The van der Waals surface area contributed by atoms with Crippen molar-refractivity contribution in [3.63, 3.8) is 0 Å². The Labute approximate surface area is 127 Å². The van der Waals surface area contributed by atoms with Gasteiger partial charge in [-0.15, -0.1) is 0 Å². The first kappa shape index (κ1) is 15.8. The first-order valence-electron chi connectivity index (χ1n) is 7.68. The fourth-order valence-corrected chi connectivity index (χ4v) is 2.42. The number of hydrogen-bond acceptors (Lipinski definition) is 3. The monoisotopic (exact) mass is 289 g/mol. The van der Waals surface area contributed by atoms with Crippen LogP contribution in [0.2, 0.25) is 0 Å². The van der Waals surface area contributed by atoms with Crippen LogP contribution in [0, 0.1) is 33.6 Å². The van der Waals surface area contributed by atoms with Crippen LogP contribution >= 0.6 is 0 Å². The third-order valence-corrected chi connectivity index (χ3v) is 3.99. The Bertz CT molecular complexity index is 608. The first-order valence-corrected chi connectivity index (χ1v) is 7.68. The maximum atomic E-state index is 5.84. The van der Waals surface area contributed by atoms with Crippen LogP contribution < -0.4 is 5.32 Å². The van der Waals surface area contributed by atoms with Gasteiger partial charge in [-0.05, 0) is 51.8 Å². The molecule has 0 saturated carbocycles. The van der Waals surface area contributed by atoms with Crippen molar-refractivity contribution >= 4 is 0 Å². The summed E-state index contributed by atoms with van der Waals surface area (Å²) in [5.74, 6) is 2.64. The van der Waals surface area contributed by atoms with E-state index in [1.54, 1.807) is 0 Å². The second-order valence-electron chi connectivity index (χ2n) is 6.27. The van der Waals surface area contributed by atoms with Crippen molar-refractivity contribution in [1.29, 1.82) is 0 Å². The molecular formula is C17H27N3O. The molecule has 116 valence electrons. The van der Waals surface area contributed by atoms with Gasteiger partial charge in [-0.25, -0.2) is 0 Å². The molecule has 0 unspecified atom stereocenters. The zero-order chi connectivity index (χ0) is 15.6. The Morgan fingerprint density at radius 2 is 1.95 bits per heavy atom. The van der Waals surface area contributed by atoms with Crippen molar-refractivity contribution in [2.24, 2.45) is 5.92 Å². The summed E-state index contributed by atoms with van der Waals surface area (Å²) in [5.41, 5.74) is 4.82. The molecule has 4 heteroatoms. The van der Waals surface area contributed by atoms with Crippen molar-refractivity contribution < 1.29 is 4.42 Å². The molecule has 0 aliphatic heterocycles. The number of nitrogens with one attached hydrogen (secondary N) is 1. The molecule has 2 aromatic rings. The molecule has 0 aromatic carbocycles. The van der Waals surface area contributed by atoms with Crippen LogP contribution in [-0.4, -0.2) is 16.3 Å². The normalized spacial score (nSPS) is 11.6. The van der Waals surface area contributed by atoms with E-state index >= 15 is 0 Å². The summed E-state index contributed by atoms with van der Waals surface area (Å²) in [5, 5.41) is 8.01. The van der Waals surface area contributed by atoms with Crippen LogP contribution in [0.3, 0.4) is 0 Å². The highest BCUT2D eigenvalue weighted by Crippen LogP contribution is 2.18. The molecule has 0 saturated heterocycles. The van der Waals surface area contributed by atoms with E-state index in [1.807, 2.05) is 6.92 Å². The quantitative estimate of drug-likeness (QED) is 0.885. The van der Waals surface area contributed by atoms with E-state index in [2.05, 4.69) is 55.8 Å². The number of aromatic nitrogens is 2. The fraction of sp³-hybridized carbons (Fsp3) is 0.588. The van der Waals surface area contributed by atoms with Crippen molar-refractivity contribution in [3.8, 4) is 0 Å². The van der Waals surface area contributed by atoms with Gasteiger partial charge in [0.1, 0.15) is 11.5 Å². The molecule has 0 atom stereocenters. The molecule has 4 nitrogen and oxygen atoms in total. The smallest absolute Gasteiger partial charge is 0.118 e. The maximum Gasteiger partial charge on any atom is 0.118 e. The van der Waals surface area contributed by atoms with Crippen LogP contribution in [0.25, 0.3) is 0 Å². The Morgan fingerprint density at radius 3 is 2.52 bits per heavy atom. The molecule has 21 heavy (non-hydrogen) atoms. The Kier molecular flexibility index (Phi) is 4.88. The standard InChI is InChI=1S/C17H27N3O/c1-11(2)8-18-9-17-7-16(15(6)21-17)10-20-14(5)12(3)13(4)19-20/h7,11,18H,8-10H2,1-6H3. The summed E-state index contributed by atoms with van der Waals surface area (Å²) in [6, 6.07) is 2.15. The number of rotatable bonds is 6. The number of furan rings is 1. The molecule has 2 heterocycles. The SMILES string of the molecule is Cc1nn(Cc2cc(CNCC(C)C)oc2C)c(C)c1C. The van der Waals surface area contributed by atoms with Crippen molar-refractivity contribution in [2.75, 3.05) is 6.54 Å². The molecule has 0 bridgehead atoms. The van der Waals surface area contributed by atoms with Crippen molar-refractivity contribution in [3.05, 3.63) is 40.1 Å². The predicted molar refractivity (Wildman–Crippen MR) is 85.5 cm³/mol. The van der Waals surface area contributed by atoms with Gasteiger partial charge in [-0.2, -0.15) is 5.10 Å². The zero-order valence-corrected chi connectivity index (χ0v) is 14.1. The minimum absolute atomic E-state index is 0.651. The Morgan fingerprint density at radius 1 is 1.24 bits per heavy atom. The lowest BCUT2D eigenvalue weighted by Crippen LogP contribution is -2.18. The average Bonchev–Trinajstić information content (AvgIpc) is 2.86. The van der Waals surface area contributed by atoms with Crippen LogP contribution in [0.15, 0.2) is 10.5 Å². The first-order chi connectivity index (χ1) is 9.88. The number of nitrogens with zero attached hydrogens (tertiary/aromatic N) is 2. The summed E-state index contributed by atoms with van der Waals surface area (Å²) < 4.78 is 7.91. The van der Waals surface area contributed by atoms with E-state index in [0.717, 1.165) is 36.8 Å². The van der Waals surface area contributed by atoms with Crippen LogP contribution in [-0.2, 0) is 13.1 Å². The van der Waals surface area contributed by atoms with Crippen LogP contribution in [0.4, 0.5) is 0 Å². The highest BCUT2D eigenvalue weighted by Gasteiger charge is 2.12. The van der Waals surface area contributed by atoms with Crippen molar-refractivity contribution in [1.82, 2.24) is 15.1 Å². The van der Waals surface area contributed by atoms with E-state index < -0.39 is 0 Å². The second-order valence-corrected chi connectivity index (χ2v) is 6.27. The fourth-order valence-electron chi connectivity index (χ4n) is 2.42. The van der Waals surface area contributed by atoms with Gasteiger partial charge in [-0.3, -0.25) is 4.68 Å². The van der Waals surface area contributed by atoms with Gasteiger partial charge in [0, 0.05) is 11.3 Å². The van der Waals surface area contributed by atoms with E-state index in [1.165, 1.54) is 16.8 Å². The summed E-state index contributed by atoms with van der Waals surface area (Å²) in [6.07, 6.45) is 0. The topological polar surface area (TPSA) is 43.0 Å². The molecule has 0 radical (unpaired) electrons. The van der Waals surface area contributed by atoms with E-state index in [-0.39, 0.29) is 0 Å². The predicted octanol–water partition coefficient (Wildman–Crippen LogP) is 3.50. The van der Waals surface area contributed by atoms with E-state index in [4.69, 9.17) is 4.42 Å². The van der Waals surface area contributed by atoms with Gasteiger partial charge in [0.15, 0.2) is 0 Å². The summed E-state index contributed by atoms with van der Waals surface area (Å²) in [7, 11) is 0. The highest BCUT2D eigenvalue weighted by molar-refractivity contribution is 5.26. The minimum Gasteiger partial charge on any atom is -0.465 e. The van der Waals surface area contributed by atoms with Crippen molar-refractivity contribution in [2.45, 2.75) is 54.6 Å². The molecule has 0 aliphatic carbocycles. The Balaban J connectivity index is 2.07. The molecule has 2 rings (SSSR count). The lowest BCUT2D eigenvalue weighted by Gasteiger charge is -2.04. The molecule has 2 aromatic heterocycles. The largest absolute Gasteiger partial charge is 0.465 e. The molecule has 0 spiro atoms. The summed E-state index contributed by atoms with van der Waals surface area (Å²) >= 11 is 0. The van der Waals surface area contributed by atoms with Gasteiger partial charge < -0.3 is 9.73 Å². The van der Waals surface area contributed by atoms with Gasteiger partial charge >= 0.3 is 0 Å². The average molecular weight is 289 g/mol. The second kappa shape index (κ2) is 6.48. The van der Waals surface area contributed by atoms with Gasteiger partial charge in [-0.1, -0.05) is 13.8 Å². The molecule has 0 aliphatic rings. The summed E-state index contributed by atoms with van der Waals surface area (Å²) in [6.45, 7) is 15.3. The van der Waals surface area contributed by atoms with E-state index in [9.17, 15) is 0 Å². The lowest BCUT2D eigenvalue weighted by molar-refractivity contribution is 0.446. The van der Waals surface area contributed by atoms with Crippen LogP contribution in [0.1, 0.15) is 47.9 Å². The Hall–Kier alpha value is -1.55. The molecule has 1 N–H and O–H groups in total. The summed E-state index contributed by atoms with van der Waals surface area (Å²) in [4.78, 5) is 0. The number of hydrogen-bond donors (Lipinski definition) is 1. The molecule has 0 amide bonds. The van der Waals surface area contributed by atoms with Crippen LogP contribution in [0.5, 0.6) is 0 Å². The zero-order valence-electron chi connectivity index (χ0n) is 14.1. The maximum absolute atomic E-state index is 5.84. The third-order valence-electron chi connectivity index (χ3n) is 3.99. The molecule has 0 fully saturated rings.